The van der Waals surface area contributed by atoms with E-state index in [0.717, 1.165) is 18.2 Å². The first-order valence-electron chi connectivity index (χ1n) is 5.22. The number of hydrogen-bond donors (Lipinski definition) is 1. The molecular weight excluding hydrogens is 170 g/mol. The average molecular weight is 187 g/mol. The predicted octanol–water partition coefficient (Wildman–Crippen LogP) is 2.96. The van der Waals surface area contributed by atoms with Gasteiger partial charge >= 0.3 is 0 Å². The van der Waals surface area contributed by atoms with Gasteiger partial charge in [0.05, 0.1) is 0 Å². The van der Waals surface area contributed by atoms with Gasteiger partial charge in [-0.15, -0.1) is 0 Å². The topological polar surface area (TPSA) is 12.0 Å². The average Bonchev–Trinajstić information content (AvgIpc) is 2.46. The highest BCUT2D eigenvalue weighted by Crippen LogP contribution is 2.24. The van der Waals surface area contributed by atoms with Gasteiger partial charge in [-0.25, -0.2) is 0 Å². The van der Waals surface area contributed by atoms with Crippen molar-refractivity contribution in [2.75, 3.05) is 0 Å². The maximum Gasteiger partial charge on any atom is 0.0407 e. The zero-order valence-electron chi connectivity index (χ0n) is 8.93. The second-order valence-electron chi connectivity index (χ2n) is 4.42. The molecule has 1 N–H and O–H groups in total. The van der Waals surface area contributed by atoms with Crippen molar-refractivity contribution < 1.29 is 0 Å². The molecule has 74 valence electrons. The lowest BCUT2D eigenvalue weighted by Gasteiger charge is -2.06. The Morgan fingerprint density at radius 3 is 2.93 bits per heavy atom. The Morgan fingerprint density at radius 1 is 1.43 bits per heavy atom. The van der Waals surface area contributed by atoms with Crippen LogP contribution in [-0.4, -0.2) is 0 Å². The molecule has 0 bridgehead atoms. The first-order valence-corrected chi connectivity index (χ1v) is 5.22. The van der Waals surface area contributed by atoms with E-state index in [0.29, 0.717) is 0 Å². The van der Waals surface area contributed by atoms with Gasteiger partial charge in [-0.2, -0.15) is 0 Å². The smallest absolute Gasteiger partial charge is 0.0407 e. The largest absolute Gasteiger partial charge is 0.381 e. The summed E-state index contributed by atoms with van der Waals surface area (Å²) in [6.45, 7) is 9.43. The molecule has 1 heteroatoms. The minimum absolute atomic E-state index is 0.727. The molecule has 1 aliphatic rings. The summed E-state index contributed by atoms with van der Waals surface area (Å²) in [6, 6.07) is 6.72. The summed E-state index contributed by atoms with van der Waals surface area (Å²) in [5, 5.41) is 3.27. The monoisotopic (exact) mass is 187 g/mol. The molecule has 0 atom stereocenters. The van der Waals surface area contributed by atoms with E-state index in [1.54, 1.807) is 0 Å². The van der Waals surface area contributed by atoms with Crippen molar-refractivity contribution in [1.29, 1.82) is 0 Å². The van der Waals surface area contributed by atoms with Gasteiger partial charge in [0.25, 0.3) is 0 Å². The lowest BCUT2D eigenvalue weighted by Crippen LogP contribution is -1.98. The van der Waals surface area contributed by atoms with Crippen molar-refractivity contribution in [3.63, 3.8) is 0 Å². The molecule has 14 heavy (non-hydrogen) atoms. The fourth-order valence-corrected chi connectivity index (χ4v) is 1.98. The van der Waals surface area contributed by atoms with Crippen molar-refractivity contribution in [2.45, 2.75) is 26.8 Å². The Kier molecular flexibility index (Phi) is 2.32. The van der Waals surface area contributed by atoms with E-state index in [9.17, 15) is 0 Å². The standard InChI is InChI=1S/C13H17N/c1-9(2)6-11-4-5-13-10(3)14-8-12(13)7-11/h4-5,7,9,14H,3,6,8H2,1-2H3. The quantitative estimate of drug-likeness (QED) is 0.750. The summed E-state index contributed by atoms with van der Waals surface area (Å²) in [5.74, 6) is 0.727. The highest BCUT2D eigenvalue weighted by atomic mass is 14.9. The maximum absolute atomic E-state index is 3.98. The summed E-state index contributed by atoms with van der Waals surface area (Å²) >= 11 is 0. The third kappa shape index (κ3) is 1.67. The van der Waals surface area contributed by atoms with Crippen molar-refractivity contribution in [3.8, 4) is 0 Å². The number of benzene rings is 1. The minimum Gasteiger partial charge on any atom is -0.381 e. The van der Waals surface area contributed by atoms with Gasteiger partial charge in [0, 0.05) is 17.8 Å². The van der Waals surface area contributed by atoms with Crippen LogP contribution in [0, 0.1) is 5.92 Å². The Labute approximate surface area is 85.8 Å². The highest BCUT2D eigenvalue weighted by Gasteiger charge is 2.13. The Bertz CT molecular complexity index is 363. The lowest BCUT2D eigenvalue weighted by atomic mass is 9.98. The number of rotatable bonds is 2. The molecule has 1 aromatic rings. The molecule has 0 spiro atoms. The van der Waals surface area contributed by atoms with Gasteiger partial charge < -0.3 is 5.32 Å². The van der Waals surface area contributed by atoms with E-state index in [2.05, 4.69) is 43.9 Å². The maximum atomic E-state index is 3.98. The molecule has 0 amide bonds. The normalized spacial score (nSPS) is 14.4. The first-order chi connectivity index (χ1) is 6.66. The number of nitrogens with one attached hydrogen (secondary N) is 1. The van der Waals surface area contributed by atoms with Gasteiger partial charge in [-0.1, -0.05) is 38.6 Å². The molecule has 0 saturated heterocycles. The van der Waals surface area contributed by atoms with Crippen LogP contribution in [0.5, 0.6) is 0 Å². The number of hydrogen-bond acceptors (Lipinski definition) is 1. The van der Waals surface area contributed by atoms with Gasteiger partial charge in [0.15, 0.2) is 0 Å². The summed E-state index contributed by atoms with van der Waals surface area (Å²) in [4.78, 5) is 0. The predicted molar refractivity (Wildman–Crippen MR) is 60.9 cm³/mol. The van der Waals surface area contributed by atoms with E-state index in [4.69, 9.17) is 0 Å². The summed E-state index contributed by atoms with van der Waals surface area (Å²) in [6.07, 6.45) is 1.17. The molecule has 0 aliphatic carbocycles. The van der Waals surface area contributed by atoms with Crippen LogP contribution in [-0.2, 0) is 13.0 Å². The van der Waals surface area contributed by atoms with Gasteiger partial charge in [-0.3, -0.25) is 0 Å². The fourth-order valence-electron chi connectivity index (χ4n) is 1.98. The van der Waals surface area contributed by atoms with Crippen LogP contribution in [0.15, 0.2) is 24.8 Å². The van der Waals surface area contributed by atoms with Crippen molar-refractivity contribution >= 4 is 5.70 Å². The van der Waals surface area contributed by atoms with Crippen molar-refractivity contribution in [1.82, 2.24) is 5.32 Å². The van der Waals surface area contributed by atoms with Gasteiger partial charge in [0.1, 0.15) is 0 Å². The highest BCUT2D eigenvalue weighted by molar-refractivity contribution is 5.69. The second kappa shape index (κ2) is 3.49. The van der Waals surface area contributed by atoms with Crippen LogP contribution in [0.2, 0.25) is 0 Å². The SMILES string of the molecule is C=C1NCc2cc(CC(C)C)ccc21. The van der Waals surface area contributed by atoms with Crippen molar-refractivity contribution in [2.24, 2.45) is 5.92 Å². The van der Waals surface area contributed by atoms with Gasteiger partial charge in [0.2, 0.25) is 0 Å². The number of fused-ring (bicyclic) bond motifs is 1. The van der Waals surface area contributed by atoms with Crippen molar-refractivity contribution in [3.05, 3.63) is 41.5 Å². The molecule has 0 aromatic heterocycles. The molecule has 0 fully saturated rings. The zero-order valence-corrected chi connectivity index (χ0v) is 8.93. The fraction of sp³-hybridized carbons (Fsp3) is 0.385. The molecular formula is C13H17N. The molecule has 0 unspecified atom stereocenters. The van der Waals surface area contributed by atoms with Crippen LogP contribution < -0.4 is 5.32 Å². The third-order valence-corrected chi connectivity index (χ3v) is 2.63. The van der Waals surface area contributed by atoms with Crippen LogP contribution in [0.4, 0.5) is 0 Å². The lowest BCUT2D eigenvalue weighted by molar-refractivity contribution is 0.647. The molecule has 0 radical (unpaired) electrons. The van der Waals surface area contributed by atoms with E-state index < -0.39 is 0 Å². The molecule has 1 aromatic carbocycles. The Hall–Kier alpha value is -1.24. The van der Waals surface area contributed by atoms with Crippen LogP contribution >= 0.6 is 0 Å². The first kappa shape index (κ1) is 9.32. The summed E-state index contributed by atoms with van der Waals surface area (Å²) in [5.41, 5.74) is 5.19. The minimum atomic E-state index is 0.727. The molecule has 0 saturated carbocycles. The van der Waals surface area contributed by atoms with Crippen LogP contribution in [0.1, 0.15) is 30.5 Å². The van der Waals surface area contributed by atoms with Crippen LogP contribution in [0.3, 0.4) is 0 Å². The Balaban J connectivity index is 2.28. The summed E-state index contributed by atoms with van der Waals surface area (Å²) < 4.78 is 0. The van der Waals surface area contributed by atoms with E-state index in [1.165, 1.54) is 23.1 Å². The Morgan fingerprint density at radius 2 is 2.21 bits per heavy atom. The molecule has 1 heterocycles. The van der Waals surface area contributed by atoms with E-state index in [-0.39, 0.29) is 0 Å². The molecule has 1 nitrogen and oxygen atoms in total. The van der Waals surface area contributed by atoms with Crippen LogP contribution in [0.25, 0.3) is 5.70 Å². The molecule has 1 aliphatic heterocycles. The van der Waals surface area contributed by atoms with E-state index >= 15 is 0 Å². The zero-order chi connectivity index (χ0) is 10.1. The van der Waals surface area contributed by atoms with E-state index in [1.807, 2.05) is 0 Å². The summed E-state index contributed by atoms with van der Waals surface area (Å²) in [7, 11) is 0. The second-order valence-corrected chi connectivity index (χ2v) is 4.42. The molecule has 2 rings (SSSR count). The third-order valence-electron chi connectivity index (χ3n) is 2.63. The van der Waals surface area contributed by atoms with Gasteiger partial charge in [-0.05, 0) is 23.5 Å².